The van der Waals surface area contributed by atoms with Gasteiger partial charge in [0.2, 0.25) is 15.9 Å². The Morgan fingerprint density at radius 3 is 2.29 bits per heavy atom. The largest absolute Gasteiger partial charge is 0.356 e. The summed E-state index contributed by atoms with van der Waals surface area (Å²) in [6.07, 6.45) is 0.813. The lowest BCUT2D eigenvalue weighted by Gasteiger charge is -2.26. The van der Waals surface area contributed by atoms with Crippen LogP contribution in [0.4, 0.5) is 0 Å². The van der Waals surface area contributed by atoms with E-state index in [4.69, 9.17) is 5.14 Å². The summed E-state index contributed by atoms with van der Waals surface area (Å²) in [5, 5.41) is 7.55. The molecule has 1 unspecified atom stereocenters. The van der Waals surface area contributed by atoms with Gasteiger partial charge in [0.1, 0.15) is 0 Å². The SMILES string of the molecule is CC(CC(=O)NCCCS(N)(=O)=O)C(C)(C)C. The zero-order chi connectivity index (χ0) is 13.7. The van der Waals surface area contributed by atoms with Crippen LogP contribution in [0.25, 0.3) is 0 Å². The van der Waals surface area contributed by atoms with Crippen LogP contribution >= 0.6 is 0 Å². The monoisotopic (exact) mass is 264 g/mol. The maximum atomic E-state index is 11.5. The fourth-order valence-electron chi connectivity index (χ4n) is 1.16. The number of sulfonamides is 1. The third kappa shape index (κ3) is 9.12. The van der Waals surface area contributed by atoms with Crippen molar-refractivity contribution >= 4 is 15.9 Å². The summed E-state index contributed by atoms with van der Waals surface area (Å²) in [4.78, 5) is 11.5. The third-order valence-corrected chi connectivity index (χ3v) is 3.76. The summed E-state index contributed by atoms with van der Waals surface area (Å²) in [5.41, 5.74) is 0.0952. The number of hydrogen-bond donors (Lipinski definition) is 2. The number of primary sulfonamides is 1. The molecular formula is C11H24N2O3S. The van der Waals surface area contributed by atoms with Crippen LogP contribution in [0.1, 0.15) is 40.5 Å². The number of carbonyl (C=O) groups excluding carboxylic acids is 1. The van der Waals surface area contributed by atoms with Gasteiger partial charge in [0.25, 0.3) is 0 Å². The van der Waals surface area contributed by atoms with Crippen molar-refractivity contribution in [1.82, 2.24) is 5.32 Å². The molecule has 0 radical (unpaired) electrons. The normalized spacial score (nSPS) is 14.4. The Labute approximate surface area is 104 Å². The molecule has 0 aromatic rings. The van der Waals surface area contributed by atoms with Crippen LogP contribution in [-0.4, -0.2) is 26.6 Å². The van der Waals surface area contributed by atoms with Crippen molar-refractivity contribution in [1.29, 1.82) is 0 Å². The minimum atomic E-state index is -3.42. The van der Waals surface area contributed by atoms with E-state index in [2.05, 4.69) is 26.1 Å². The van der Waals surface area contributed by atoms with Gasteiger partial charge >= 0.3 is 0 Å². The quantitative estimate of drug-likeness (QED) is 0.697. The van der Waals surface area contributed by atoms with E-state index in [0.29, 0.717) is 19.4 Å². The molecule has 0 spiro atoms. The number of rotatable bonds is 6. The van der Waals surface area contributed by atoms with Gasteiger partial charge in [-0.1, -0.05) is 27.7 Å². The molecule has 1 atom stereocenters. The van der Waals surface area contributed by atoms with Crippen molar-refractivity contribution in [3.8, 4) is 0 Å². The van der Waals surface area contributed by atoms with E-state index >= 15 is 0 Å². The first-order valence-electron chi connectivity index (χ1n) is 5.79. The smallest absolute Gasteiger partial charge is 0.220 e. The molecule has 0 fully saturated rings. The second kappa shape index (κ2) is 6.35. The fraction of sp³-hybridized carbons (Fsp3) is 0.909. The number of amides is 1. The van der Waals surface area contributed by atoms with Crippen LogP contribution in [0.15, 0.2) is 0 Å². The van der Waals surface area contributed by atoms with Gasteiger partial charge in [0, 0.05) is 13.0 Å². The highest BCUT2D eigenvalue weighted by Gasteiger charge is 2.22. The summed E-state index contributed by atoms with van der Waals surface area (Å²) in [7, 11) is -3.42. The molecule has 0 aromatic carbocycles. The van der Waals surface area contributed by atoms with Gasteiger partial charge < -0.3 is 5.32 Å². The fourth-order valence-corrected chi connectivity index (χ4v) is 1.70. The predicted octanol–water partition coefficient (Wildman–Crippen LogP) is 0.854. The van der Waals surface area contributed by atoms with Crippen LogP contribution in [0.2, 0.25) is 0 Å². The third-order valence-electron chi connectivity index (χ3n) is 2.90. The van der Waals surface area contributed by atoms with E-state index < -0.39 is 10.0 Å². The Balaban J connectivity index is 3.82. The van der Waals surface area contributed by atoms with Crippen molar-refractivity contribution in [2.75, 3.05) is 12.3 Å². The van der Waals surface area contributed by atoms with Gasteiger partial charge in [-0.15, -0.1) is 0 Å². The zero-order valence-electron chi connectivity index (χ0n) is 11.1. The van der Waals surface area contributed by atoms with Crippen molar-refractivity contribution in [3.05, 3.63) is 0 Å². The first kappa shape index (κ1) is 16.4. The Bertz CT molecular complexity index is 344. The van der Waals surface area contributed by atoms with E-state index in [1.165, 1.54) is 0 Å². The molecule has 6 heteroatoms. The molecule has 0 saturated carbocycles. The molecular weight excluding hydrogens is 240 g/mol. The minimum absolute atomic E-state index is 0.0400. The minimum Gasteiger partial charge on any atom is -0.356 e. The molecule has 0 saturated heterocycles. The van der Waals surface area contributed by atoms with Crippen molar-refractivity contribution < 1.29 is 13.2 Å². The Hall–Kier alpha value is -0.620. The standard InChI is InChI=1S/C11H24N2O3S/c1-9(11(2,3)4)8-10(14)13-6-5-7-17(12,15)16/h9H,5-8H2,1-4H3,(H,13,14)(H2,12,15,16). The molecule has 0 aliphatic rings. The maximum Gasteiger partial charge on any atom is 0.220 e. The molecule has 0 heterocycles. The van der Waals surface area contributed by atoms with Gasteiger partial charge in [-0.05, 0) is 17.8 Å². The van der Waals surface area contributed by atoms with Gasteiger partial charge in [-0.3, -0.25) is 4.79 Å². The van der Waals surface area contributed by atoms with E-state index in [0.717, 1.165) is 0 Å². The highest BCUT2D eigenvalue weighted by molar-refractivity contribution is 7.89. The van der Waals surface area contributed by atoms with Crippen LogP contribution in [0.5, 0.6) is 0 Å². The van der Waals surface area contributed by atoms with Gasteiger partial charge in [-0.2, -0.15) is 0 Å². The Morgan fingerprint density at radius 2 is 1.88 bits per heavy atom. The van der Waals surface area contributed by atoms with E-state index in [-0.39, 0.29) is 23.0 Å². The van der Waals surface area contributed by atoms with Crippen molar-refractivity contribution in [2.45, 2.75) is 40.5 Å². The lowest BCUT2D eigenvalue weighted by Crippen LogP contribution is -2.31. The first-order valence-corrected chi connectivity index (χ1v) is 7.51. The van der Waals surface area contributed by atoms with Gasteiger partial charge in [0.05, 0.1) is 5.75 Å². The van der Waals surface area contributed by atoms with Crippen molar-refractivity contribution in [3.63, 3.8) is 0 Å². The van der Waals surface area contributed by atoms with Crippen LogP contribution in [0.3, 0.4) is 0 Å². The number of carbonyl (C=O) groups is 1. The molecule has 0 aliphatic carbocycles. The summed E-state index contributed by atoms with van der Waals surface area (Å²) in [6, 6.07) is 0. The average Bonchev–Trinajstić information content (AvgIpc) is 2.09. The summed E-state index contributed by atoms with van der Waals surface area (Å²) in [5.74, 6) is 0.143. The highest BCUT2D eigenvalue weighted by Crippen LogP contribution is 2.27. The molecule has 0 aliphatic heterocycles. The van der Waals surface area contributed by atoms with Crippen molar-refractivity contribution in [2.24, 2.45) is 16.5 Å². The Kier molecular flexibility index (Phi) is 6.12. The zero-order valence-corrected chi connectivity index (χ0v) is 11.9. The lowest BCUT2D eigenvalue weighted by molar-refractivity contribution is -0.122. The molecule has 0 aromatic heterocycles. The molecule has 0 bridgehead atoms. The molecule has 102 valence electrons. The summed E-state index contributed by atoms with van der Waals surface area (Å²) >= 11 is 0. The van der Waals surface area contributed by atoms with Crippen LogP contribution < -0.4 is 10.5 Å². The molecule has 5 nitrogen and oxygen atoms in total. The maximum absolute atomic E-state index is 11.5. The van der Waals surface area contributed by atoms with Gasteiger partial charge in [-0.25, -0.2) is 13.6 Å². The second-order valence-electron chi connectivity index (χ2n) is 5.54. The topological polar surface area (TPSA) is 89.3 Å². The van der Waals surface area contributed by atoms with Crippen LogP contribution in [0, 0.1) is 11.3 Å². The Morgan fingerprint density at radius 1 is 1.35 bits per heavy atom. The summed E-state index contributed by atoms with van der Waals surface area (Å²) < 4.78 is 21.3. The number of nitrogens with two attached hydrogens (primary N) is 1. The van der Waals surface area contributed by atoms with E-state index in [1.54, 1.807) is 0 Å². The summed E-state index contributed by atoms with van der Waals surface area (Å²) in [6.45, 7) is 8.65. The van der Waals surface area contributed by atoms with Gasteiger partial charge in [0.15, 0.2) is 0 Å². The first-order chi connectivity index (χ1) is 7.52. The van der Waals surface area contributed by atoms with E-state index in [9.17, 15) is 13.2 Å². The average molecular weight is 264 g/mol. The molecule has 17 heavy (non-hydrogen) atoms. The predicted molar refractivity (Wildman–Crippen MR) is 68.8 cm³/mol. The molecule has 1 amide bonds. The number of hydrogen-bond acceptors (Lipinski definition) is 3. The molecule has 0 rings (SSSR count). The van der Waals surface area contributed by atoms with E-state index in [1.807, 2.05) is 6.92 Å². The number of nitrogens with one attached hydrogen (secondary N) is 1. The highest BCUT2D eigenvalue weighted by atomic mass is 32.2. The van der Waals surface area contributed by atoms with Crippen LogP contribution in [-0.2, 0) is 14.8 Å². The molecule has 3 N–H and O–H groups in total. The lowest BCUT2D eigenvalue weighted by atomic mass is 9.80. The second-order valence-corrected chi connectivity index (χ2v) is 7.28.